The summed E-state index contributed by atoms with van der Waals surface area (Å²) in [6.07, 6.45) is 5.65. The van der Waals surface area contributed by atoms with Crippen LogP contribution in [-0.2, 0) is 24.0 Å². The molecule has 0 saturated heterocycles. The van der Waals surface area contributed by atoms with Crippen molar-refractivity contribution in [1.29, 1.82) is 0 Å². The molecule has 3 heteroatoms. The number of aryl methyl sites for hydroxylation is 3. The summed E-state index contributed by atoms with van der Waals surface area (Å²) in [5, 5.41) is 0. The van der Waals surface area contributed by atoms with E-state index in [1.165, 1.54) is 35.2 Å². The first kappa shape index (κ1) is 12.7. The van der Waals surface area contributed by atoms with Crippen LogP contribution in [0.2, 0.25) is 0 Å². The summed E-state index contributed by atoms with van der Waals surface area (Å²) in [7, 11) is 2.00. The second-order valence-electron chi connectivity index (χ2n) is 5.82. The summed E-state index contributed by atoms with van der Waals surface area (Å²) in [6, 6.07) is 4.61. The number of hydrogen-bond acceptors (Lipinski definition) is 2. The van der Waals surface area contributed by atoms with Crippen LogP contribution < -0.4 is 4.48 Å². The Morgan fingerprint density at radius 2 is 1.84 bits per heavy atom. The van der Waals surface area contributed by atoms with Crippen LogP contribution in [0, 0.1) is 0 Å². The minimum absolute atomic E-state index is 0.110. The maximum Gasteiger partial charge on any atom is 0.521 e. The zero-order valence-corrected chi connectivity index (χ0v) is 11.9. The van der Waals surface area contributed by atoms with Gasteiger partial charge in [0.15, 0.2) is 0 Å². The number of hydrogen-bond donors (Lipinski definition) is 0. The van der Waals surface area contributed by atoms with Gasteiger partial charge < -0.3 is 4.74 Å². The summed E-state index contributed by atoms with van der Waals surface area (Å²) < 4.78 is 5.61. The van der Waals surface area contributed by atoms with E-state index < -0.39 is 0 Å². The van der Waals surface area contributed by atoms with E-state index in [0.717, 1.165) is 25.8 Å². The van der Waals surface area contributed by atoms with Crippen LogP contribution in [0.15, 0.2) is 12.1 Å². The minimum Gasteiger partial charge on any atom is -0.420 e. The van der Waals surface area contributed by atoms with E-state index in [2.05, 4.69) is 12.1 Å². The molecule has 1 unspecified atom stereocenters. The lowest BCUT2D eigenvalue weighted by Crippen LogP contribution is -2.53. The maximum absolute atomic E-state index is 12.3. The molecule has 1 aromatic carbocycles. The Bertz CT molecular complexity index is 524. The second-order valence-corrected chi connectivity index (χ2v) is 5.82. The topological polar surface area (TPSA) is 26.3 Å². The van der Waals surface area contributed by atoms with E-state index in [4.69, 9.17) is 4.74 Å². The van der Waals surface area contributed by atoms with Crippen molar-refractivity contribution in [3.05, 3.63) is 28.8 Å². The number of quaternary nitrogens is 1. The van der Waals surface area contributed by atoms with E-state index in [0.29, 0.717) is 11.1 Å². The van der Waals surface area contributed by atoms with Crippen LogP contribution in [0.3, 0.4) is 0 Å². The van der Waals surface area contributed by atoms with Crippen molar-refractivity contribution in [2.45, 2.75) is 39.0 Å². The summed E-state index contributed by atoms with van der Waals surface area (Å²) in [5.74, 6) is 0. The van der Waals surface area contributed by atoms with E-state index in [-0.39, 0.29) is 6.09 Å². The zero-order valence-electron chi connectivity index (χ0n) is 11.9. The number of fused-ring (bicyclic) bond motifs is 2. The third-order valence-electron chi connectivity index (χ3n) is 4.55. The molecule has 0 radical (unpaired) electrons. The molecule has 1 aliphatic carbocycles. The number of ether oxygens (including phenoxy) is 1. The van der Waals surface area contributed by atoms with Crippen LogP contribution in [0.5, 0.6) is 0 Å². The van der Waals surface area contributed by atoms with Gasteiger partial charge in [-0.15, -0.1) is 0 Å². The molecule has 0 saturated carbocycles. The predicted octanol–water partition coefficient (Wildman–Crippen LogP) is 3.22. The summed E-state index contributed by atoms with van der Waals surface area (Å²) in [6.45, 7) is 3.18. The maximum atomic E-state index is 12.3. The lowest BCUT2D eigenvalue weighted by Gasteiger charge is -2.35. The number of rotatable bonds is 1. The van der Waals surface area contributed by atoms with Gasteiger partial charge in [0, 0.05) is 18.1 Å². The largest absolute Gasteiger partial charge is 0.521 e. The van der Waals surface area contributed by atoms with E-state index in [1.54, 1.807) is 0 Å². The van der Waals surface area contributed by atoms with Crippen LogP contribution in [0.25, 0.3) is 0 Å². The second kappa shape index (κ2) is 4.64. The highest BCUT2D eigenvalue weighted by Crippen LogP contribution is 2.37. The van der Waals surface area contributed by atoms with Gasteiger partial charge in [-0.25, -0.2) is 0 Å². The molecule has 3 rings (SSSR count). The van der Waals surface area contributed by atoms with Gasteiger partial charge in [-0.1, -0.05) is 0 Å². The zero-order chi connectivity index (χ0) is 13.5. The SMILES string of the molecule is CCOC(=O)[N+]1(C)CCCc2cc3c(cc21)CCC3. The average molecular weight is 260 g/mol. The van der Waals surface area contributed by atoms with Gasteiger partial charge in [0.05, 0.1) is 20.2 Å². The lowest BCUT2D eigenvalue weighted by atomic mass is 9.95. The molecule has 1 atom stereocenters. The van der Waals surface area contributed by atoms with Crippen LogP contribution in [-0.4, -0.2) is 26.3 Å². The number of carbonyl (C=O) groups excluding carboxylic acids is 1. The van der Waals surface area contributed by atoms with E-state index in [9.17, 15) is 4.79 Å². The molecule has 0 aromatic heterocycles. The van der Waals surface area contributed by atoms with Gasteiger partial charge >= 0.3 is 6.09 Å². The van der Waals surface area contributed by atoms with Gasteiger partial charge in [0.1, 0.15) is 5.69 Å². The Morgan fingerprint density at radius 1 is 1.16 bits per heavy atom. The van der Waals surface area contributed by atoms with E-state index in [1.807, 2.05) is 14.0 Å². The summed E-state index contributed by atoms with van der Waals surface area (Å²) in [4.78, 5) is 12.3. The molecule has 0 fully saturated rings. The molecular weight excluding hydrogens is 238 g/mol. The highest BCUT2D eigenvalue weighted by atomic mass is 16.6. The van der Waals surface area contributed by atoms with Crippen LogP contribution in [0.4, 0.5) is 10.5 Å². The minimum atomic E-state index is -0.110. The van der Waals surface area contributed by atoms with Crippen molar-refractivity contribution in [2.24, 2.45) is 0 Å². The molecule has 102 valence electrons. The molecule has 1 aliphatic heterocycles. The summed E-state index contributed by atoms with van der Waals surface area (Å²) >= 11 is 0. The van der Waals surface area contributed by atoms with Crippen molar-refractivity contribution < 1.29 is 9.53 Å². The molecule has 0 spiro atoms. The lowest BCUT2D eigenvalue weighted by molar-refractivity contribution is 0.115. The average Bonchev–Trinajstić information content (AvgIpc) is 2.84. The smallest absolute Gasteiger partial charge is 0.420 e. The highest BCUT2D eigenvalue weighted by molar-refractivity contribution is 5.84. The number of amides is 1. The van der Waals surface area contributed by atoms with Gasteiger partial charge in [-0.3, -0.25) is 0 Å². The predicted molar refractivity (Wildman–Crippen MR) is 76.4 cm³/mol. The Kier molecular flexibility index (Phi) is 3.09. The van der Waals surface area contributed by atoms with Crippen molar-refractivity contribution in [1.82, 2.24) is 4.48 Å². The van der Waals surface area contributed by atoms with Crippen LogP contribution >= 0.6 is 0 Å². The first-order valence-electron chi connectivity index (χ1n) is 7.33. The Hall–Kier alpha value is -1.35. The number of nitrogens with zero attached hydrogens (tertiary/aromatic N) is 1. The molecule has 3 nitrogen and oxygen atoms in total. The molecule has 1 amide bonds. The van der Waals surface area contributed by atoms with Gasteiger partial charge in [-0.2, -0.15) is 9.28 Å². The fraction of sp³-hybridized carbons (Fsp3) is 0.562. The highest BCUT2D eigenvalue weighted by Gasteiger charge is 2.41. The van der Waals surface area contributed by atoms with Crippen molar-refractivity contribution in [3.63, 3.8) is 0 Å². The molecule has 2 aliphatic rings. The van der Waals surface area contributed by atoms with E-state index >= 15 is 0 Å². The fourth-order valence-corrected chi connectivity index (χ4v) is 3.48. The van der Waals surface area contributed by atoms with Crippen molar-refractivity contribution in [2.75, 3.05) is 20.2 Å². The third kappa shape index (κ3) is 1.96. The van der Waals surface area contributed by atoms with Gasteiger partial charge in [-0.05, 0) is 49.8 Å². The van der Waals surface area contributed by atoms with Crippen molar-refractivity contribution >= 4 is 11.8 Å². The first-order chi connectivity index (χ1) is 9.15. The normalized spacial score (nSPS) is 24.7. The Labute approximate surface area is 114 Å². The molecule has 19 heavy (non-hydrogen) atoms. The molecule has 1 aromatic rings. The fourth-order valence-electron chi connectivity index (χ4n) is 3.48. The number of carbonyl (C=O) groups is 1. The third-order valence-corrected chi connectivity index (χ3v) is 4.55. The standard InChI is InChI=1S/C16H22NO2/c1-3-19-16(18)17(2)9-5-8-14-10-12-6-4-7-13(12)11-15(14)17/h10-11H,3-9H2,1-2H3/q+1. The van der Waals surface area contributed by atoms with Crippen molar-refractivity contribution in [3.8, 4) is 0 Å². The molecule has 1 heterocycles. The van der Waals surface area contributed by atoms with Crippen LogP contribution in [0.1, 0.15) is 36.5 Å². The molecular formula is C16H22NO2+. The summed E-state index contributed by atoms with van der Waals surface area (Å²) in [5.41, 5.74) is 5.46. The van der Waals surface area contributed by atoms with Gasteiger partial charge in [0.25, 0.3) is 0 Å². The first-order valence-corrected chi connectivity index (χ1v) is 7.33. The quantitative estimate of drug-likeness (QED) is 0.725. The molecule has 0 N–H and O–H groups in total. The Balaban J connectivity index is 2.06. The monoisotopic (exact) mass is 260 g/mol. The number of benzene rings is 1. The molecule has 0 bridgehead atoms. The Morgan fingerprint density at radius 3 is 2.58 bits per heavy atom. The van der Waals surface area contributed by atoms with Gasteiger partial charge in [0.2, 0.25) is 0 Å².